The molecule has 1 aromatic heterocycles. The monoisotopic (exact) mass is 466 g/mol. The molecule has 0 aliphatic rings. The second kappa shape index (κ2) is 8.67. The Morgan fingerprint density at radius 1 is 1.07 bits per heavy atom. The summed E-state index contributed by atoms with van der Waals surface area (Å²) < 4.78 is 40.0. The number of fused-ring (bicyclic) bond motifs is 1. The molecule has 0 saturated heterocycles. The Hall–Kier alpha value is -2.19. The summed E-state index contributed by atoms with van der Waals surface area (Å²) in [6, 6.07) is 9.50. The summed E-state index contributed by atoms with van der Waals surface area (Å²) in [5, 5.41) is 4.18. The summed E-state index contributed by atoms with van der Waals surface area (Å²) in [6.45, 7) is 3.60. The van der Waals surface area contributed by atoms with E-state index >= 15 is 0 Å². The van der Waals surface area contributed by atoms with Crippen LogP contribution in [0, 0.1) is 6.92 Å². The zero-order valence-corrected chi connectivity index (χ0v) is 18.0. The first-order valence-electron chi connectivity index (χ1n) is 9.18. The quantitative estimate of drug-likeness (QED) is 0.469. The largest absolute Gasteiger partial charge is 0.416 e. The Morgan fingerprint density at radius 2 is 1.83 bits per heavy atom. The predicted molar refractivity (Wildman–Crippen MR) is 114 cm³/mol. The fraction of sp³-hybridized carbons (Fsp3) is 0.333. The highest BCUT2D eigenvalue weighted by molar-refractivity contribution is 9.10. The highest BCUT2D eigenvalue weighted by Crippen LogP contribution is 2.35. The number of alkyl halides is 3. The highest BCUT2D eigenvalue weighted by atomic mass is 79.9. The van der Waals surface area contributed by atoms with E-state index in [1.54, 1.807) is 6.07 Å². The van der Waals surface area contributed by atoms with Gasteiger partial charge in [-0.1, -0.05) is 27.6 Å². The van der Waals surface area contributed by atoms with E-state index in [4.69, 9.17) is 0 Å². The van der Waals surface area contributed by atoms with Crippen LogP contribution < -0.4 is 5.32 Å². The lowest BCUT2D eigenvalue weighted by Gasteiger charge is -2.14. The van der Waals surface area contributed by atoms with Crippen LogP contribution in [-0.4, -0.2) is 42.1 Å². The number of rotatable bonds is 6. The van der Waals surface area contributed by atoms with Gasteiger partial charge in [-0.2, -0.15) is 13.2 Å². The lowest BCUT2D eigenvalue weighted by Crippen LogP contribution is -2.17. The Labute approximate surface area is 176 Å². The van der Waals surface area contributed by atoms with Gasteiger partial charge in [0.05, 0.1) is 11.1 Å². The highest BCUT2D eigenvalue weighted by Gasteiger charge is 2.31. The molecular formula is C21H22BrF3N4. The topological polar surface area (TPSA) is 41.1 Å². The van der Waals surface area contributed by atoms with E-state index in [0.29, 0.717) is 27.9 Å². The van der Waals surface area contributed by atoms with Gasteiger partial charge in [0.15, 0.2) is 5.82 Å². The van der Waals surface area contributed by atoms with Crippen molar-refractivity contribution in [3.05, 3.63) is 52.0 Å². The van der Waals surface area contributed by atoms with Gasteiger partial charge in [0.25, 0.3) is 0 Å². The summed E-state index contributed by atoms with van der Waals surface area (Å²) in [5.41, 5.74) is 1.32. The molecule has 4 nitrogen and oxygen atoms in total. The fourth-order valence-corrected chi connectivity index (χ4v) is 3.48. The first kappa shape index (κ1) is 21.5. The van der Waals surface area contributed by atoms with E-state index in [0.717, 1.165) is 36.0 Å². The third-order valence-electron chi connectivity index (χ3n) is 4.41. The van der Waals surface area contributed by atoms with E-state index in [9.17, 15) is 13.2 Å². The van der Waals surface area contributed by atoms with Crippen molar-refractivity contribution in [1.82, 2.24) is 14.9 Å². The molecular weight excluding hydrogens is 445 g/mol. The zero-order valence-electron chi connectivity index (χ0n) is 16.4. The molecule has 0 atom stereocenters. The SMILES string of the molecule is Cc1ccc2nc(-c3cc(Br)cc(C(F)(F)F)c3)nc(NCCCN(C)C)c2c1. The van der Waals surface area contributed by atoms with E-state index in [1.165, 1.54) is 0 Å². The predicted octanol–water partition coefficient (Wildman–Crippen LogP) is 5.75. The van der Waals surface area contributed by atoms with Gasteiger partial charge in [0.1, 0.15) is 5.82 Å². The van der Waals surface area contributed by atoms with Crippen LogP contribution in [0.25, 0.3) is 22.3 Å². The second-order valence-corrected chi connectivity index (χ2v) is 8.14. The third kappa shape index (κ3) is 5.45. The van der Waals surface area contributed by atoms with Gasteiger partial charge < -0.3 is 10.2 Å². The van der Waals surface area contributed by atoms with Crippen LogP contribution in [0.15, 0.2) is 40.9 Å². The van der Waals surface area contributed by atoms with Gasteiger partial charge in [-0.3, -0.25) is 0 Å². The Bertz CT molecular complexity index is 1020. The molecule has 1 N–H and O–H groups in total. The zero-order chi connectivity index (χ0) is 21.2. The van der Waals surface area contributed by atoms with Crippen LogP contribution in [0.3, 0.4) is 0 Å². The Morgan fingerprint density at radius 3 is 2.52 bits per heavy atom. The molecule has 154 valence electrons. The van der Waals surface area contributed by atoms with Crippen molar-refractivity contribution >= 4 is 32.7 Å². The number of nitrogens with one attached hydrogen (secondary N) is 1. The maximum atomic E-state index is 13.2. The lowest BCUT2D eigenvalue weighted by molar-refractivity contribution is -0.137. The minimum Gasteiger partial charge on any atom is -0.369 e. The number of aromatic nitrogens is 2. The van der Waals surface area contributed by atoms with Crippen LogP contribution in [0.5, 0.6) is 0 Å². The van der Waals surface area contributed by atoms with E-state index in [-0.39, 0.29) is 5.82 Å². The van der Waals surface area contributed by atoms with Crippen LogP contribution in [0.1, 0.15) is 17.5 Å². The van der Waals surface area contributed by atoms with E-state index in [2.05, 4.69) is 36.1 Å². The minimum atomic E-state index is -4.44. The number of anilines is 1. The second-order valence-electron chi connectivity index (χ2n) is 7.23. The standard InChI is InChI=1S/C21H22BrF3N4/c1-13-5-6-18-17(9-13)20(26-7-4-8-29(2)3)28-19(27-18)14-10-15(21(23,24)25)12-16(22)11-14/h5-6,9-12H,4,7-8H2,1-3H3,(H,26,27,28). The summed E-state index contributed by atoms with van der Waals surface area (Å²) in [6.07, 6.45) is -3.53. The molecule has 1 heterocycles. The number of hydrogen-bond donors (Lipinski definition) is 1. The molecule has 0 unspecified atom stereocenters. The molecule has 0 radical (unpaired) electrons. The summed E-state index contributed by atoms with van der Waals surface area (Å²) in [4.78, 5) is 11.2. The summed E-state index contributed by atoms with van der Waals surface area (Å²) in [5.74, 6) is 0.879. The molecule has 3 rings (SSSR count). The third-order valence-corrected chi connectivity index (χ3v) is 4.87. The summed E-state index contributed by atoms with van der Waals surface area (Å²) in [7, 11) is 4.01. The van der Waals surface area contributed by atoms with Gasteiger partial charge >= 0.3 is 6.18 Å². The maximum Gasteiger partial charge on any atom is 0.416 e. The number of aryl methyl sites for hydroxylation is 1. The van der Waals surface area contributed by atoms with E-state index < -0.39 is 11.7 Å². The molecule has 0 spiro atoms. The molecule has 0 bridgehead atoms. The smallest absolute Gasteiger partial charge is 0.369 e. The first-order valence-corrected chi connectivity index (χ1v) is 9.98. The van der Waals surface area contributed by atoms with Crippen molar-refractivity contribution in [3.8, 4) is 11.4 Å². The number of hydrogen-bond acceptors (Lipinski definition) is 4. The normalized spacial score (nSPS) is 12.0. The average Bonchev–Trinajstić information content (AvgIpc) is 2.63. The number of halogens is 4. The van der Waals surface area contributed by atoms with Crippen molar-refractivity contribution in [2.24, 2.45) is 0 Å². The van der Waals surface area contributed by atoms with Crippen molar-refractivity contribution in [2.75, 3.05) is 32.5 Å². The van der Waals surface area contributed by atoms with Gasteiger partial charge in [-0.25, -0.2) is 9.97 Å². The summed E-state index contributed by atoms with van der Waals surface area (Å²) >= 11 is 3.17. The number of nitrogens with zero attached hydrogens (tertiary/aromatic N) is 3. The lowest BCUT2D eigenvalue weighted by atomic mass is 10.1. The van der Waals surface area contributed by atoms with Crippen molar-refractivity contribution in [1.29, 1.82) is 0 Å². The van der Waals surface area contributed by atoms with E-state index in [1.807, 2.05) is 39.2 Å². The van der Waals surface area contributed by atoms with Crippen molar-refractivity contribution in [3.63, 3.8) is 0 Å². The molecule has 0 saturated carbocycles. The van der Waals surface area contributed by atoms with Gasteiger partial charge in [-0.05, 0) is 64.3 Å². The van der Waals surface area contributed by atoms with Crippen LogP contribution in [-0.2, 0) is 6.18 Å². The first-order chi connectivity index (χ1) is 13.6. The van der Waals surface area contributed by atoms with Crippen molar-refractivity contribution < 1.29 is 13.2 Å². The Balaban J connectivity index is 2.05. The Kier molecular flexibility index (Phi) is 6.43. The van der Waals surface area contributed by atoms with Gasteiger partial charge in [-0.15, -0.1) is 0 Å². The average molecular weight is 467 g/mol. The van der Waals surface area contributed by atoms with Crippen LogP contribution in [0.4, 0.5) is 19.0 Å². The minimum absolute atomic E-state index is 0.253. The molecule has 0 fully saturated rings. The molecule has 0 amide bonds. The molecule has 3 aromatic rings. The molecule has 2 aromatic carbocycles. The molecule has 8 heteroatoms. The van der Waals surface area contributed by atoms with Crippen LogP contribution in [0.2, 0.25) is 0 Å². The fourth-order valence-electron chi connectivity index (χ4n) is 2.99. The number of benzene rings is 2. The van der Waals surface area contributed by atoms with Crippen molar-refractivity contribution in [2.45, 2.75) is 19.5 Å². The molecule has 29 heavy (non-hydrogen) atoms. The molecule has 0 aliphatic heterocycles. The van der Waals surface area contributed by atoms with Gasteiger partial charge in [0, 0.05) is 22.0 Å². The maximum absolute atomic E-state index is 13.2. The molecule has 0 aliphatic carbocycles. The van der Waals surface area contributed by atoms with Gasteiger partial charge in [0.2, 0.25) is 0 Å². The van der Waals surface area contributed by atoms with Crippen LogP contribution >= 0.6 is 15.9 Å².